The van der Waals surface area contributed by atoms with Gasteiger partial charge in [0.15, 0.2) is 0 Å². The molecule has 2 aliphatic heterocycles. The first-order chi connectivity index (χ1) is 11.4. The van der Waals surface area contributed by atoms with E-state index in [0.29, 0.717) is 0 Å². The predicted molar refractivity (Wildman–Crippen MR) is 116 cm³/mol. The van der Waals surface area contributed by atoms with Gasteiger partial charge in [0.05, 0.1) is 0 Å². The summed E-state index contributed by atoms with van der Waals surface area (Å²) in [5, 5.41) is 0. The van der Waals surface area contributed by atoms with Crippen molar-refractivity contribution in [3.05, 3.63) is 0 Å². The number of nitrogens with zero attached hydrogens (tertiary/aromatic N) is 6. The first kappa shape index (κ1) is 40.1. The summed E-state index contributed by atoms with van der Waals surface area (Å²) in [5.41, 5.74) is 0. The average Bonchev–Trinajstić information content (AvgIpc) is 2.68. The minimum atomic E-state index is 0. The van der Waals surface area contributed by atoms with Crippen molar-refractivity contribution in [1.29, 1.82) is 0 Å². The molecule has 2 aliphatic rings. The van der Waals surface area contributed by atoms with Gasteiger partial charge in [0.2, 0.25) is 0 Å². The maximum Gasteiger partial charge on any atom is 3.00 e. The van der Waals surface area contributed by atoms with Crippen molar-refractivity contribution in [3.63, 3.8) is 0 Å². The molecule has 0 amide bonds. The summed E-state index contributed by atoms with van der Waals surface area (Å²) < 4.78 is 0. The molecular formula is C18H48Mn2N6O3+5. The van der Waals surface area contributed by atoms with Gasteiger partial charge in [-0.3, -0.25) is 0 Å². The predicted octanol–water partition coefficient (Wildman–Crippen LogP) is -2.89. The van der Waals surface area contributed by atoms with Crippen LogP contribution in [-0.2, 0) is 34.1 Å². The summed E-state index contributed by atoms with van der Waals surface area (Å²) >= 11 is 0. The van der Waals surface area contributed by atoms with E-state index in [9.17, 15) is 0 Å². The molecule has 11 heteroatoms. The molecule has 2 fully saturated rings. The van der Waals surface area contributed by atoms with Crippen LogP contribution < -0.4 is 0 Å². The molecule has 0 aliphatic carbocycles. The van der Waals surface area contributed by atoms with E-state index in [4.69, 9.17) is 0 Å². The average molecular weight is 506 g/mol. The summed E-state index contributed by atoms with van der Waals surface area (Å²) in [5.74, 6) is 0. The van der Waals surface area contributed by atoms with E-state index in [1.54, 1.807) is 0 Å². The van der Waals surface area contributed by atoms with Crippen LogP contribution in [0.5, 0.6) is 0 Å². The molecule has 6 N–H and O–H groups in total. The fourth-order valence-corrected chi connectivity index (χ4v) is 2.72. The van der Waals surface area contributed by atoms with Gasteiger partial charge in [0, 0.05) is 78.5 Å². The number of rotatable bonds is 0. The molecule has 0 spiro atoms. The molecule has 2 heterocycles. The molecule has 0 aromatic heterocycles. The Labute approximate surface area is 200 Å². The van der Waals surface area contributed by atoms with Crippen LogP contribution in [0.1, 0.15) is 0 Å². The molecule has 0 aromatic carbocycles. The van der Waals surface area contributed by atoms with Crippen molar-refractivity contribution in [1.82, 2.24) is 29.4 Å². The Kier molecular flexibility index (Phi) is 32.3. The van der Waals surface area contributed by atoms with Gasteiger partial charge in [-0.25, -0.2) is 0 Å². The van der Waals surface area contributed by atoms with E-state index >= 15 is 0 Å². The van der Waals surface area contributed by atoms with Crippen LogP contribution in [0.4, 0.5) is 0 Å². The molecule has 2 saturated heterocycles. The number of hydrogen-bond acceptors (Lipinski definition) is 6. The fourth-order valence-electron chi connectivity index (χ4n) is 2.72. The minimum Gasteiger partial charge on any atom is -0.412 e. The maximum absolute atomic E-state index is 2.40. The minimum absolute atomic E-state index is 0. The van der Waals surface area contributed by atoms with Crippen LogP contribution in [0.25, 0.3) is 0 Å². The van der Waals surface area contributed by atoms with Gasteiger partial charge in [-0.2, -0.15) is 0 Å². The SMILES string of the molecule is CN1CCN(C)CCN(C)CC1.CN1CCN(C)CCN(C)CC1.O.O.O.[Mn+2].[Mn+3]. The van der Waals surface area contributed by atoms with Gasteiger partial charge in [-0.1, -0.05) is 0 Å². The van der Waals surface area contributed by atoms with E-state index in [1.165, 1.54) is 78.5 Å². The topological polar surface area (TPSA) is 114 Å². The normalized spacial score (nSPS) is 21.7. The van der Waals surface area contributed by atoms with Crippen LogP contribution in [-0.4, -0.2) is 167 Å². The summed E-state index contributed by atoms with van der Waals surface area (Å²) in [4.78, 5) is 14.4. The van der Waals surface area contributed by atoms with E-state index < -0.39 is 0 Å². The number of likely N-dealkylation sites (N-methyl/N-ethyl adjacent to an activating group) is 6. The summed E-state index contributed by atoms with van der Waals surface area (Å²) in [6.45, 7) is 14.4. The first-order valence-electron chi connectivity index (χ1n) is 9.48. The van der Waals surface area contributed by atoms with Crippen molar-refractivity contribution in [2.75, 3.05) is 121 Å². The van der Waals surface area contributed by atoms with Gasteiger partial charge < -0.3 is 45.8 Å². The van der Waals surface area contributed by atoms with Crippen LogP contribution in [0, 0.1) is 0 Å². The molecule has 0 bridgehead atoms. The maximum atomic E-state index is 2.40. The van der Waals surface area contributed by atoms with E-state index in [1.807, 2.05) is 0 Å². The Balaban J connectivity index is -0.000000113. The van der Waals surface area contributed by atoms with Crippen molar-refractivity contribution >= 4 is 0 Å². The van der Waals surface area contributed by atoms with Crippen LogP contribution in [0.2, 0.25) is 0 Å². The Hall–Kier alpha value is 0.679. The smallest absolute Gasteiger partial charge is 0.412 e. The standard InChI is InChI=1S/2C9H21N3.2Mn.3H2O/c2*1-10-4-6-11(2)8-9-12(3)7-5-10;;;;;/h2*4-9H2,1-3H3;;;3*1H2/q;;+2;+3;;;. The quantitative estimate of drug-likeness (QED) is 0.326. The largest absolute Gasteiger partial charge is 3.00 e. The van der Waals surface area contributed by atoms with Crippen LogP contribution >= 0.6 is 0 Å². The van der Waals surface area contributed by atoms with Gasteiger partial charge in [-0.05, 0) is 42.3 Å². The van der Waals surface area contributed by atoms with Crippen molar-refractivity contribution in [3.8, 4) is 0 Å². The van der Waals surface area contributed by atoms with E-state index in [0.717, 1.165) is 0 Å². The van der Waals surface area contributed by atoms with Gasteiger partial charge >= 0.3 is 34.1 Å². The molecule has 0 saturated carbocycles. The summed E-state index contributed by atoms with van der Waals surface area (Å²) in [6.07, 6.45) is 0. The zero-order valence-corrected chi connectivity index (χ0v) is 21.8. The third kappa shape index (κ3) is 21.7. The molecule has 0 unspecified atom stereocenters. The van der Waals surface area contributed by atoms with Gasteiger partial charge in [0.25, 0.3) is 0 Å². The van der Waals surface area contributed by atoms with Crippen LogP contribution in [0.3, 0.4) is 0 Å². The monoisotopic (exact) mass is 506 g/mol. The summed E-state index contributed by atoms with van der Waals surface area (Å²) in [7, 11) is 13.2. The summed E-state index contributed by atoms with van der Waals surface area (Å²) in [6, 6.07) is 0. The van der Waals surface area contributed by atoms with Crippen molar-refractivity contribution < 1.29 is 50.6 Å². The molecule has 29 heavy (non-hydrogen) atoms. The molecule has 9 nitrogen and oxygen atoms in total. The van der Waals surface area contributed by atoms with Crippen LogP contribution in [0.15, 0.2) is 0 Å². The second-order valence-corrected chi connectivity index (χ2v) is 7.82. The molecule has 2 rings (SSSR count). The zero-order valence-electron chi connectivity index (χ0n) is 19.4. The molecule has 0 aromatic rings. The first-order valence-corrected chi connectivity index (χ1v) is 9.48. The Morgan fingerprint density at radius 3 is 0.448 bits per heavy atom. The Morgan fingerprint density at radius 1 is 0.310 bits per heavy atom. The third-order valence-electron chi connectivity index (χ3n) is 5.18. The number of hydrogen-bond donors (Lipinski definition) is 0. The molecular weight excluding hydrogens is 458 g/mol. The third-order valence-corrected chi connectivity index (χ3v) is 5.18. The molecule has 1 radical (unpaired) electrons. The fraction of sp³-hybridized carbons (Fsp3) is 1.00. The zero-order chi connectivity index (χ0) is 17.9. The van der Waals surface area contributed by atoms with E-state index in [2.05, 4.69) is 71.7 Å². The van der Waals surface area contributed by atoms with E-state index in [-0.39, 0.29) is 50.6 Å². The van der Waals surface area contributed by atoms with Gasteiger partial charge in [0.1, 0.15) is 0 Å². The second kappa shape index (κ2) is 23.3. The van der Waals surface area contributed by atoms with Gasteiger partial charge in [-0.15, -0.1) is 0 Å². The Morgan fingerprint density at radius 2 is 0.379 bits per heavy atom. The Bertz CT molecular complexity index is 236. The molecule has 177 valence electrons. The second-order valence-electron chi connectivity index (χ2n) is 7.82. The van der Waals surface area contributed by atoms with Crippen molar-refractivity contribution in [2.24, 2.45) is 0 Å². The van der Waals surface area contributed by atoms with Crippen molar-refractivity contribution in [2.45, 2.75) is 0 Å². The molecule has 0 atom stereocenters.